The molecule has 0 atom stereocenters. The second-order valence-electron chi connectivity index (χ2n) is 4.68. The number of fused-ring (bicyclic) bond motifs is 1. The van der Waals surface area contributed by atoms with Gasteiger partial charge in [-0.2, -0.15) is 0 Å². The fraction of sp³-hybridized carbons (Fsp3) is 0.500. The van der Waals surface area contributed by atoms with Gasteiger partial charge in [0.25, 0.3) is 0 Å². The zero-order valence-corrected chi connectivity index (χ0v) is 11.3. The topological polar surface area (TPSA) is 75.4 Å². The van der Waals surface area contributed by atoms with E-state index in [0.29, 0.717) is 13.1 Å². The van der Waals surface area contributed by atoms with Crippen LogP contribution in [0.15, 0.2) is 18.2 Å². The van der Waals surface area contributed by atoms with Crippen molar-refractivity contribution in [2.75, 3.05) is 30.8 Å². The van der Waals surface area contributed by atoms with Crippen LogP contribution in [-0.4, -0.2) is 34.3 Å². The van der Waals surface area contributed by atoms with Crippen LogP contribution in [0, 0.1) is 0 Å². The summed E-state index contributed by atoms with van der Waals surface area (Å²) < 4.78 is 21.5. The maximum atomic E-state index is 10.8. The number of nitrogens with one attached hydrogen (secondary N) is 1. The number of hydrogen-bond donors (Lipinski definition) is 2. The second-order valence-corrected chi connectivity index (χ2v) is 6.41. The lowest BCUT2D eigenvalue weighted by Gasteiger charge is -2.12. The number of benzene rings is 1. The van der Waals surface area contributed by atoms with E-state index in [9.17, 15) is 8.42 Å². The van der Waals surface area contributed by atoms with Crippen molar-refractivity contribution >= 4 is 15.7 Å². The van der Waals surface area contributed by atoms with Crippen LogP contribution in [0.25, 0.3) is 0 Å². The first-order valence-electron chi connectivity index (χ1n) is 6.00. The van der Waals surface area contributed by atoms with Gasteiger partial charge in [0.2, 0.25) is 10.0 Å². The molecular formula is C12H19N3O2S. The van der Waals surface area contributed by atoms with E-state index in [1.54, 1.807) is 0 Å². The Morgan fingerprint density at radius 2 is 2.22 bits per heavy atom. The standard InChI is InChI=1S/C12H19N3O2S/c1-15-6-4-11-8-10(2-3-12(11)15)9-14-5-7-18(13,16)17/h2-3,8,14H,4-7,9H2,1H3,(H2,13,16,17). The van der Waals surface area contributed by atoms with Crippen LogP contribution in [0.3, 0.4) is 0 Å². The van der Waals surface area contributed by atoms with Gasteiger partial charge in [0.05, 0.1) is 5.75 Å². The lowest BCUT2D eigenvalue weighted by molar-refractivity contribution is 0.592. The van der Waals surface area contributed by atoms with E-state index >= 15 is 0 Å². The van der Waals surface area contributed by atoms with Crippen LogP contribution >= 0.6 is 0 Å². The van der Waals surface area contributed by atoms with Gasteiger partial charge < -0.3 is 10.2 Å². The third-order valence-electron chi connectivity index (χ3n) is 3.16. The van der Waals surface area contributed by atoms with Crippen molar-refractivity contribution in [1.82, 2.24) is 5.32 Å². The Morgan fingerprint density at radius 1 is 1.44 bits per heavy atom. The Bertz CT molecular complexity index is 528. The Labute approximate surface area is 108 Å². The number of nitrogens with zero attached hydrogens (tertiary/aromatic N) is 1. The molecule has 1 aliphatic rings. The fourth-order valence-electron chi connectivity index (χ4n) is 2.18. The largest absolute Gasteiger partial charge is 0.374 e. The van der Waals surface area contributed by atoms with E-state index in [1.807, 2.05) is 0 Å². The Morgan fingerprint density at radius 3 is 2.94 bits per heavy atom. The quantitative estimate of drug-likeness (QED) is 0.741. The van der Waals surface area contributed by atoms with E-state index in [0.717, 1.165) is 13.0 Å². The summed E-state index contributed by atoms with van der Waals surface area (Å²) in [6.07, 6.45) is 1.08. The highest BCUT2D eigenvalue weighted by molar-refractivity contribution is 7.89. The van der Waals surface area contributed by atoms with Crippen LogP contribution in [0.5, 0.6) is 0 Å². The fourth-order valence-corrected chi connectivity index (χ4v) is 2.61. The average Bonchev–Trinajstić information content (AvgIpc) is 2.65. The number of rotatable bonds is 5. The highest BCUT2D eigenvalue weighted by atomic mass is 32.2. The third-order valence-corrected chi connectivity index (χ3v) is 3.94. The third kappa shape index (κ3) is 3.44. The minimum atomic E-state index is -3.36. The first kappa shape index (κ1) is 13.3. The molecule has 0 aromatic heterocycles. The molecule has 0 saturated heterocycles. The van der Waals surface area contributed by atoms with E-state index in [2.05, 4.69) is 35.5 Å². The molecule has 6 heteroatoms. The molecule has 1 aliphatic heterocycles. The van der Waals surface area contributed by atoms with Crippen LogP contribution < -0.4 is 15.4 Å². The van der Waals surface area contributed by atoms with Crippen molar-refractivity contribution in [2.24, 2.45) is 5.14 Å². The summed E-state index contributed by atoms with van der Waals surface area (Å²) in [6.45, 7) is 2.12. The number of hydrogen-bond acceptors (Lipinski definition) is 4. The van der Waals surface area contributed by atoms with Crippen molar-refractivity contribution in [3.05, 3.63) is 29.3 Å². The number of likely N-dealkylation sites (N-methyl/N-ethyl adjacent to an activating group) is 1. The molecule has 0 fully saturated rings. The molecule has 0 saturated carbocycles. The maximum absolute atomic E-state index is 10.8. The van der Waals surface area contributed by atoms with Crippen molar-refractivity contribution in [1.29, 1.82) is 0 Å². The van der Waals surface area contributed by atoms with Gasteiger partial charge in [-0.3, -0.25) is 0 Å². The zero-order chi connectivity index (χ0) is 13.2. The molecule has 0 aliphatic carbocycles. The second kappa shape index (κ2) is 5.26. The summed E-state index contributed by atoms with van der Waals surface area (Å²) in [5, 5.41) is 8.02. The summed E-state index contributed by atoms with van der Waals surface area (Å²) in [6, 6.07) is 6.38. The maximum Gasteiger partial charge on any atom is 0.210 e. The van der Waals surface area contributed by atoms with E-state index < -0.39 is 10.0 Å². The molecule has 3 N–H and O–H groups in total. The van der Waals surface area contributed by atoms with Gasteiger partial charge in [-0.15, -0.1) is 0 Å². The van der Waals surface area contributed by atoms with Crippen LogP contribution in [0.4, 0.5) is 5.69 Å². The normalized spacial score (nSPS) is 14.9. The number of primary sulfonamides is 1. The van der Waals surface area contributed by atoms with E-state index in [4.69, 9.17) is 5.14 Å². The van der Waals surface area contributed by atoms with Crippen LogP contribution in [0.1, 0.15) is 11.1 Å². The summed E-state index contributed by atoms with van der Waals surface area (Å²) in [7, 11) is -1.27. The van der Waals surface area contributed by atoms with Crippen LogP contribution in [-0.2, 0) is 23.0 Å². The molecule has 1 aromatic carbocycles. The number of anilines is 1. The summed E-state index contributed by atoms with van der Waals surface area (Å²) in [5.41, 5.74) is 3.84. The number of nitrogens with two attached hydrogens (primary N) is 1. The molecule has 100 valence electrons. The molecular weight excluding hydrogens is 250 g/mol. The number of sulfonamides is 1. The van der Waals surface area contributed by atoms with E-state index in [-0.39, 0.29) is 5.75 Å². The average molecular weight is 269 g/mol. The Balaban J connectivity index is 1.88. The minimum absolute atomic E-state index is 0.0271. The van der Waals surface area contributed by atoms with Gasteiger partial charge in [-0.05, 0) is 23.6 Å². The van der Waals surface area contributed by atoms with Crippen molar-refractivity contribution in [3.8, 4) is 0 Å². The smallest absolute Gasteiger partial charge is 0.210 e. The van der Waals surface area contributed by atoms with Gasteiger partial charge >= 0.3 is 0 Å². The first-order chi connectivity index (χ1) is 8.46. The summed E-state index contributed by atoms with van der Waals surface area (Å²) >= 11 is 0. The van der Waals surface area contributed by atoms with Gasteiger partial charge in [0.1, 0.15) is 0 Å². The Kier molecular flexibility index (Phi) is 3.89. The highest BCUT2D eigenvalue weighted by Crippen LogP contribution is 2.27. The molecule has 0 spiro atoms. The predicted molar refractivity (Wildman–Crippen MR) is 73.1 cm³/mol. The lowest BCUT2D eigenvalue weighted by atomic mass is 10.1. The molecule has 0 radical (unpaired) electrons. The molecule has 18 heavy (non-hydrogen) atoms. The molecule has 1 aromatic rings. The van der Waals surface area contributed by atoms with Crippen molar-refractivity contribution in [2.45, 2.75) is 13.0 Å². The Hall–Kier alpha value is -1.11. The minimum Gasteiger partial charge on any atom is -0.374 e. The zero-order valence-electron chi connectivity index (χ0n) is 10.5. The molecule has 1 heterocycles. The predicted octanol–water partition coefficient (Wildman–Crippen LogP) is 0.0570. The van der Waals surface area contributed by atoms with Crippen molar-refractivity contribution in [3.63, 3.8) is 0 Å². The summed E-state index contributed by atoms with van der Waals surface area (Å²) in [5.74, 6) is -0.0271. The van der Waals surface area contributed by atoms with Gasteiger partial charge in [-0.25, -0.2) is 13.6 Å². The van der Waals surface area contributed by atoms with Gasteiger partial charge in [0, 0.05) is 32.4 Å². The van der Waals surface area contributed by atoms with Gasteiger partial charge in [-0.1, -0.05) is 12.1 Å². The summed E-state index contributed by atoms with van der Waals surface area (Å²) in [4.78, 5) is 2.24. The lowest BCUT2D eigenvalue weighted by Crippen LogP contribution is -2.26. The highest BCUT2D eigenvalue weighted by Gasteiger charge is 2.15. The van der Waals surface area contributed by atoms with Crippen LogP contribution in [0.2, 0.25) is 0 Å². The molecule has 5 nitrogen and oxygen atoms in total. The SMILES string of the molecule is CN1CCc2cc(CNCCS(N)(=O)=O)ccc21. The van der Waals surface area contributed by atoms with Crippen molar-refractivity contribution < 1.29 is 8.42 Å². The molecule has 2 rings (SSSR count). The molecule has 0 bridgehead atoms. The monoisotopic (exact) mass is 269 g/mol. The van der Waals surface area contributed by atoms with Gasteiger partial charge in [0.15, 0.2) is 0 Å². The molecule has 0 amide bonds. The molecule has 0 unspecified atom stereocenters. The first-order valence-corrected chi connectivity index (χ1v) is 7.71. The van der Waals surface area contributed by atoms with E-state index in [1.165, 1.54) is 16.8 Å².